The van der Waals surface area contributed by atoms with Crippen molar-refractivity contribution in [2.75, 3.05) is 0 Å². The first kappa shape index (κ1) is 38.0. The third kappa shape index (κ3) is 8.19. The van der Waals surface area contributed by atoms with Crippen LogP contribution in [0.2, 0.25) is 0 Å². The van der Waals surface area contributed by atoms with Gasteiger partial charge < -0.3 is 30.1 Å². The van der Waals surface area contributed by atoms with Gasteiger partial charge in [-0.1, -0.05) is 52.3 Å². The quantitative estimate of drug-likeness (QED) is 0.156. The van der Waals surface area contributed by atoms with Crippen molar-refractivity contribution < 1.29 is 37.7 Å². The van der Waals surface area contributed by atoms with Crippen molar-refractivity contribution in [3.63, 3.8) is 0 Å². The molecule has 2 aliphatic heterocycles. The van der Waals surface area contributed by atoms with Crippen LogP contribution in [-0.4, -0.2) is 63.8 Å². The molecule has 3 N–H and O–H groups in total. The molecule has 4 unspecified atom stereocenters. The SMILES string of the molecule is CC(C)(C)OC(=O)NC1CC2CCC(C1)N2C(=O)C(NC(=O)C(O)c1ccc2cc(OC3CCCC3)ccc2c1)C(F)(F)c1ccc2cc(Br)ccc2c1. The zero-order valence-corrected chi connectivity index (χ0v) is 32.2. The topological polar surface area (TPSA) is 117 Å². The Hall–Kier alpha value is -4.29. The zero-order valence-electron chi connectivity index (χ0n) is 30.6. The molecule has 7 rings (SSSR count). The maximum absolute atomic E-state index is 16.9. The van der Waals surface area contributed by atoms with E-state index < -0.39 is 59.2 Å². The summed E-state index contributed by atoms with van der Waals surface area (Å²) in [6.45, 7) is 5.29. The van der Waals surface area contributed by atoms with Gasteiger partial charge in [-0.15, -0.1) is 0 Å². The molecule has 12 heteroatoms. The van der Waals surface area contributed by atoms with Crippen LogP contribution < -0.4 is 15.4 Å². The summed E-state index contributed by atoms with van der Waals surface area (Å²) in [4.78, 5) is 42.2. The van der Waals surface area contributed by atoms with Crippen LogP contribution in [0.25, 0.3) is 21.5 Å². The fraction of sp³-hybridized carbons (Fsp3) is 0.452. The number of carbonyl (C=O) groups excluding carboxylic acids is 3. The lowest BCUT2D eigenvalue weighted by Gasteiger charge is -2.42. The highest BCUT2D eigenvalue weighted by Crippen LogP contribution is 2.41. The minimum Gasteiger partial charge on any atom is -0.490 e. The fourth-order valence-corrected chi connectivity index (χ4v) is 8.61. The van der Waals surface area contributed by atoms with Crippen molar-refractivity contribution in [3.05, 3.63) is 88.4 Å². The van der Waals surface area contributed by atoms with Crippen LogP contribution in [0.15, 0.2) is 77.3 Å². The van der Waals surface area contributed by atoms with E-state index in [1.165, 1.54) is 17.0 Å². The van der Waals surface area contributed by atoms with Crippen LogP contribution in [0.3, 0.4) is 0 Å². The van der Waals surface area contributed by atoms with Gasteiger partial charge in [-0.25, -0.2) is 4.79 Å². The van der Waals surface area contributed by atoms with Crippen molar-refractivity contribution in [1.82, 2.24) is 15.5 Å². The molecule has 3 amide bonds. The van der Waals surface area contributed by atoms with E-state index in [0.717, 1.165) is 52.1 Å². The van der Waals surface area contributed by atoms with Crippen LogP contribution in [0.5, 0.6) is 5.75 Å². The zero-order chi connectivity index (χ0) is 38.4. The van der Waals surface area contributed by atoms with Gasteiger partial charge in [-0.2, -0.15) is 8.78 Å². The summed E-state index contributed by atoms with van der Waals surface area (Å²) in [5, 5.41) is 19.3. The maximum atomic E-state index is 16.9. The first-order valence-corrected chi connectivity index (χ1v) is 19.5. The van der Waals surface area contributed by atoms with Gasteiger partial charge in [-0.05, 0) is 136 Å². The molecular formula is C42H46BrF2N3O6. The number of nitrogens with zero attached hydrogens (tertiary/aromatic N) is 1. The molecule has 0 spiro atoms. The number of ether oxygens (including phenoxy) is 2. The van der Waals surface area contributed by atoms with Crippen molar-refractivity contribution >= 4 is 55.4 Å². The highest BCUT2D eigenvalue weighted by Gasteiger charge is 2.53. The molecule has 286 valence electrons. The Morgan fingerprint density at radius 2 is 1.44 bits per heavy atom. The lowest BCUT2D eigenvalue weighted by molar-refractivity contribution is -0.155. The van der Waals surface area contributed by atoms with E-state index in [0.29, 0.717) is 31.1 Å². The number of alkyl halides is 2. The Labute approximate surface area is 321 Å². The molecule has 3 fully saturated rings. The van der Waals surface area contributed by atoms with Crippen molar-refractivity contribution in [1.29, 1.82) is 0 Å². The molecule has 0 aromatic heterocycles. The predicted octanol–water partition coefficient (Wildman–Crippen LogP) is 8.43. The molecule has 54 heavy (non-hydrogen) atoms. The Morgan fingerprint density at radius 3 is 2.15 bits per heavy atom. The third-order valence-corrected chi connectivity index (χ3v) is 11.3. The Morgan fingerprint density at radius 1 is 0.833 bits per heavy atom. The maximum Gasteiger partial charge on any atom is 0.407 e. The number of carbonyl (C=O) groups is 3. The van der Waals surface area contributed by atoms with E-state index in [9.17, 15) is 19.5 Å². The number of rotatable bonds is 9. The number of halogens is 3. The van der Waals surface area contributed by atoms with Crippen LogP contribution in [0.4, 0.5) is 13.6 Å². The second-order valence-electron chi connectivity index (χ2n) is 15.9. The van der Waals surface area contributed by atoms with Gasteiger partial charge in [-0.3, -0.25) is 9.59 Å². The van der Waals surface area contributed by atoms with Gasteiger partial charge in [0.05, 0.1) is 6.10 Å². The van der Waals surface area contributed by atoms with Gasteiger partial charge in [0.25, 0.3) is 11.8 Å². The summed E-state index contributed by atoms with van der Waals surface area (Å²) < 4.78 is 46.1. The number of alkyl carbamates (subject to hydrolysis) is 1. The second kappa shape index (κ2) is 15.1. The average molecular weight is 807 g/mol. The van der Waals surface area contributed by atoms with Crippen molar-refractivity contribution in [3.8, 4) is 5.75 Å². The van der Waals surface area contributed by atoms with E-state index in [4.69, 9.17) is 9.47 Å². The molecule has 2 saturated heterocycles. The molecular weight excluding hydrogens is 760 g/mol. The first-order chi connectivity index (χ1) is 25.6. The normalized spacial score (nSPS) is 21.5. The number of aliphatic hydroxyl groups excluding tert-OH is 1. The molecule has 4 atom stereocenters. The summed E-state index contributed by atoms with van der Waals surface area (Å²) in [6.07, 6.45) is 3.94. The van der Waals surface area contributed by atoms with Gasteiger partial charge in [0, 0.05) is 28.2 Å². The lowest BCUT2D eigenvalue weighted by Crippen LogP contribution is -2.61. The highest BCUT2D eigenvalue weighted by atomic mass is 79.9. The molecule has 4 aromatic rings. The van der Waals surface area contributed by atoms with E-state index in [1.54, 1.807) is 63.2 Å². The second-order valence-corrected chi connectivity index (χ2v) is 16.8. The smallest absolute Gasteiger partial charge is 0.407 e. The summed E-state index contributed by atoms with van der Waals surface area (Å²) in [5.74, 6) is -5.18. The summed E-state index contributed by atoms with van der Waals surface area (Å²) in [6, 6.07) is 16.4. The van der Waals surface area contributed by atoms with Crippen LogP contribution >= 0.6 is 15.9 Å². The summed E-state index contributed by atoms with van der Waals surface area (Å²) in [5.41, 5.74) is -0.939. The highest BCUT2D eigenvalue weighted by molar-refractivity contribution is 9.10. The largest absolute Gasteiger partial charge is 0.490 e. The number of hydrogen-bond donors (Lipinski definition) is 3. The molecule has 2 bridgehead atoms. The van der Waals surface area contributed by atoms with Crippen molar-refractivity contribution in [2.24, 2.45) is 0 Å². The number of amides is 3. The minimum atomic E-state index is -3.86. The number of piperidine rings is 1. The van der Waals surface area contributed by atoms with E-state index in [-0.39, 0.29) is 17.7 Å². The van der Waals surface area contributed by atoms with Gasteiger partial charge >= 0.3 is 12.0 Å². The monoisotopic (exact) mass is 805 g/mol. The third-order valence-electron chi connectivity index (χ3n) is 10.8. The molecule has 9 nitrogen and oxygen atoms in total. The number of hydrogen-bond acceptors (Lipinski definition) is 6. The van der Waals surface area contributed by atoms with E-state index in [1.807, 2.05) is 18.2 Å². The minimum absolute atomic E-state index is 0.188. The van der Waals surface area contributed by atoms with Gasteiger partial charge in [0.1, 0.15) is 11.4 Å². The average Bonchev–Trinajstić information content (AvgIpc) is 3.73. The van der Waals surface area contributed by atoms with Crippen LogP contribution in [-0.2, 0) is 20.2 Å². The molecule has 4 aromatic carbocycles. The molecule has 3 aliphatic rings. The molecule has 2 heterocycles. The van der Waals surface area contributed by atoms with Crippen LogP contribution in [0.1, 0.15) is 89.4 Å². The first-order valence-electron chi connectivity index (χ1n) is 18.7. The molecule has 1 aliphatic carbocycles. The Bertz CT molecular complexity index is 2050. The number of nitrogens with one attached hydrogen (secondary N) is 2. The molecule has 1 saturated carbocycles. The van der Waals surface area contributed by atoms with Gasteiger partial charge in [0.15, 0.2) is 12.1 Å². The number of fused-ring (bicyclic) bond motifs is 4. The lowest BCUT2D eigenvalue weighted by atomic mass is 9.92. The number of benzene rings is 4. The van der Waals surface area contributed by atoms with Crippen LogP contribution in [0, 0.1) is 0 Å². The Kier molecular flexibility index (Phi) is 10.6. The predicted molar refractivity (Wildman–Crippen MR) is 205 cm³/mol. The fourth-order valence-electron chi connectivity index (χ4n) is 8.23. The standard InChI is InChI=1S/C42H46BrF2N3O6/c1-41(2,3)54-40(52)46-31-22-32-15-16-33(23-31)48(32)39(51)37(42(44,45)29-13-10-26-20-30(43)14-11-25(26)19-29)47-38(50)36(49)28-9-8-27-21-35(17-12-24(27)18-28)53-34-6-4-5-7-34/h8-14,17-21,31-34,36-37,49H,4-7,15-16,22-23H2,1-3H3,(H,46,52)(H,47,50). The van der Waals surface area contributed by atoms with E-state index in [2.05, 4.69) is 26.6 Å². The summed E-state index contributed by atoms with van der Waals surface area (Å²) >= 11 is 3.41. The Balaban J connectivity index is 1.14. The van der Waals surface area contributed by atoms with Crippen molar-refractivity contribution in [2.45, 2.75) is 120 Å². The summed E-state index contributed by atoms with van der Waals surface area (Å²) in [7, 11) is 0. The molecule has 0 radical (unpaired) electrons. The van der Waals surface area contributed by atoms with Gasteiger partial charge in [0.2, 0.25) is 0 Å². The van der Waals surface area contributed by atoms with E-state index >= 15 is 8.78 Å². The number of aliphatic hydroxyl groups is 1.